The van der Waals surface area contributed by atoms with Crippen LogP contribution in [0.4, 0.5) is 10.5 Å². The number of nitrogens with one attached hydrogen (secondary N) is 1. The summed E-state index contributed by atoms with van der Waals surface area (Å²) in [5.74, 6) is 0.801. The third-order valence-corrected chi connectivity index (χ3v) is 4.05. The molecule has 0 unspecified atom stereocenters. The van der Waals surface area contributed by atoms with Gasteiger partial charge < -0.3 is 19.5 Å². The number of ether oxygens (including phenoxy) is 1. The van der Waals surface area contributed by atoms with Crippen LogP contribution in [-0.4, -0.2) is 35.7 Å². The molecule has 2 aromatic rings. The molecule has 2 rings (SSSR count). The van der Waals surface area contributed by atoms with E-state index in [9.17, 15) is 9.59 Å². The van der Waals surface area contributed by atoms with E-state index in [0.717, 1.165) is 11.3 Å². The number of carbonyl (C=O) groups is 1. The molecule has 0 spiro atoms. The van der Waals surface area contributed by atoms with Crippen molar-refractivity contribution in [2.75, 3.05) is 19.5 Å². The van der Waals surface area contributed by atoms with Crippen LogP contribution in [-0.2, 0) is 13.5 Å². The van der Waals surface area contributed by atoms with Gasteiger partial charge in [0.15, 0.2) is 0 Å². The van der Waals surface area contributed by atoms with Gasteiger partial charge in [0.05, 0.1) is 7.11 Å². The average molecular weight is 329 g/mol. The molecule has 1 heterocycles. The Balaban J connectivity index is 2.07. The molecule has 1 N–H and O–H groups in total. The fraction of sp³-hybridized carbons (Fsp3) is 0.333. The second-order valence-corrected chi connectivity index (χ2v) is 5.74. The number of benzene rings is 1. The van der Waals surface area contributed by atoms with Gasteiger partial charge in [0, 0.05) is 26.3 Å². The summed E-state index contributed by atoms with van der Waals surface area (Å²) in [4.78, 5) is 26.0. The molecule has 1 atom stereocenters. The van der Waals surface area contributed by atoms with Gasteiger partial charge in [-0.15, -0.1) is 0 Å². The molecule has 24 heavy (non-hydrogen) atoms. The van der Waals surface area contributed by atoms with Crippen LogP contribution in [0.3, 0.4) is 0 Å². The second kappa shape index (κ2) is 7.68. The summed E-state index contributed by atoms with van der Waals surface area (Å²) in [6.45, 7) is 1.95. The molecule has 1 aromatic heterocycles. The minimum atomic E-state index is -0.319. The van der Waals surface area contributed by atoms with E-state index in [1.165, 1.54) is 4.57 Å². The summed E-state index contributed by atoms with van der Waals surface area (Å²) < 4.78 is 6.77. The molecule has 0 aliphatic carbocycles. The van der Waals surface area contributed by atoms with Crippen molar-refractivity contribution in [3.8, 4) is 5.75 Å². The Kier molecular flexibility index (Phi) is 5.63. The van der Waals surface area contributed by atoms with Crippen molar-refractivity contribution in [2.24, 2.45) is 7.05 Å². The Bertz CT molecular complexity index is 770. The molecule has 0 fully saturated rings. The normalized spacial score (nSPS) is 11.7. The summed E-state index contributed by atoms with van der Waals surface area (Å²) in [7, 11) is 4.99. The van der Waals surface area contributed by atoms with E-state index >= 15 is 0 Å². The highest BCUT2D eigenvalue weighted by atomic mass is 16.5. The summed E-state index contributed by atoms with van der Waals surface area (Å²) in [5, 5.41) is 2.67. The number of hydrogen-bond acceptors (Lipinski definition) is 3. The minimum Gasteiger partial charge on any atom is -0.496 e. The van der Waals surface area contributed by atoms with E-state index in [2.05, 4.69) is 5.32 Å². The van der Waals surface area contributed by atoms with Gasteiger partial charge in [0.2, 0.25) is 0 Å². The predicted octanol–water partition coefficient (Wildman–Crippen LogP) is 2.49. The van der Waals surface area contributed by atoms with Crippen LogP contribution in [0.5, 0.6) is 5.75 Å². The van der Waals surface area contributed by atoms with Crippen molar-refractivity contribution in [3.63, 3.8) is 0 Å². The summed E-state index contributed by atoms with van der Waals surface area (Å²) >= 11 is 0. The molecule has 2 amide bonds. The first-order valence-corrected chi connectivity index (χ1v) is 7.75. The molecule has 0 saturated heterocycles. The quantitative estimate of drug-likeness (QED) is 0.916. The maximum absolute atomic E-state index is 12.4. The lowest BCUT2D eigenvalue weighted by Crippen LogP contribution is -2.40. The lowest BCUT2D eigenvalue weighted by Gasteiger charge is -2.25. The Labute approximate surface area is 141 Å². The van der Waals surface area contributed by atoms with Crippen molar-refractivity contribution in [3.05, 3.63) is 58.5 Å². The first-order valence-electron chi connectivity index (χ1n) is 7.75. The third kappa shape index (κ3) is 3.95. The van der Waals surface area contributed by atoms with Gasteiger partial charge >= 0.3 is 6.03 Å². The van der Waals surface area contributed by atoms with Gasteiger partial charge in [0.1, 0.15) is 11.4 Å². The van der Waals surface area contributed by atoms with Crippen molar-refractivity contribution in [1.82, 2.24) is 9.47 Å². The fourth-order valence-corrected chi connectivity index (χ4v) is 2.42. The Morgan fingerprint density at radius 1 is 1.29 bits per heavy atom. The van der Waals surface area contributed by atoms with Crippen LogP contribution in [0.25, 0.3) is 0 Å². The Morgan fingerprint density at radius 3 is 2.71 bits per heavy atom. The van der Waals surface area contributed by atoms with Crippen molar-refractivity contribution >= 4 is 11.7 Å². The number of para-hydroxylation sites is 1. The number of pyridine rings is 1. The zero-order valence-electron chi connectivity index (χ0n) is 14.4. The largest absolute Gasteiger partial charge is 0.496 e. The van der Waals surface area contributed by atoms with E-state index in [1.54, 1.807) is 44.4 Å². The molecular formula is C18H23N3O3. The van der Waals surface area contributed by atoms with Crippen molar-refractivity contribution in [2.45, 2.75) is 19.4 Å². The number of urea groups is 1. The van der Waals surface area contributed by atoms with Crippen LogP contribution in [0, 0.1) is 0 Å². The smallest absolute Gasteiger partial charge is 0.321 e. The van der Waals surface area contributed by atoms with Gasteiger partial charge in [-0.1, -0.05) is 18.2 Å². The van der Waals surface area contributed by atoms with E-state index in [1.807, 2.05) is 31.2 Å². The molecule has 0 aliphatic heterocycles. The topological polar surface area (TPSA) is 63.6 Å². The number of carbonyl (C=O) groups excluding carboxylic acids is 1. The summed E-state index contributed by atoms with van der Waals surface area (Å²) in [6.07, 6.45) is 2.30. The number of rotatable bonds is 5. The van der Waals surface area contributed by atoms with Crippen LogP contribution < -0.4 is 15.6 Å². The van der Waals surface area contributed by atoms with Gasteiger partial charge in [-0.25, -0.2) is 4.79 Å². The zero-order valence-corrected chi connectivity index (χ0v) is 14.4. The number of amides is 2. The number of methoxy groups -OCH3 is 1. The number of aryl methyl sites for hydroxylation is 1. The first kappa shape index (κ1) is 17.6. The molecule has 0 radical (unpaired) electrons. The maximum atomic E-state index is 12.4. The molecule has 0 bridgehead atoms. The summed E-state index contributed by atoms with van der Waals surface area (Å²) in [6, 6.07) is 10.7. The van der Waals surface area contributed by atoms with Gasteiger partial charge in [-0.05, 0) is 37.1 Å². The fourth-order valence-electron chi connectivity index (χ4n) is 2.42. The Morgan fingerprint density at radius 2 is 2.00 bits per heavy atom. The number of nitrogens with zero attached hydrogens (tertiary/aromatic N) is 2. The average Bonchev–Trinajstić information content (AvgIpc) is 2.58. The minimum absolute atomic E-state index is 0.0612. The highest BCUT2D eigenvalue weighted by Gasteiger charge is 2.18. The summed E-state index contributed by atoms with van der Waals surface area (Å²) in [5.41, 5.74) is 1.06. The number of hydrogen-bond donors (Lipinski definition) is 1. The molecule has 6 heteroatoms. The van der Waals surface area contributed by atoms with Gasteiger partial charge in [0.25, 0.3) is 5.56 Å². The highest BCUT2D eigenvalue weighted by molar-refractivity contribution is 5.89. The highest BCUT2D eigenvalue weighted by Crippen LogP contribution is 2.20. The Hall–Kier alpha value is -2.76. The van der Waals surface area contributed by atoms with E-state index in [0.29, 0.717) is 6.42 Å². The number of anilines is 1. The van der Waals surface area contributed by atoms with Crippen LogP contribution in [0.1, 0.15) is 12.5 Å². The van der Waals surface area contributed by atoms with Crippen LogP contribution in [0.15, 0.2) is 47.4 Å². The molecule has 0 aliphatic rings. The van der Waals surface area contributed by atoms with Crippen LogP contribution in [0.2, 0.25) is 0 Å². The third-order valence-electron chi connectivity index (χ3n) is 4.05. The molecular weight excluding hydrogens is 306 g/mol. The molecule has 128 valence electrons. The number of aromatic nitrogens is 1. The zero-order chi connectivity index (χ0) is 17.7. The lowest BCUT2D eigenvalue weighted by molar-refractivity contribution is 0.207. The molecule has 0 saturated carbocycles. The van der Waals surface area contributed by atoms with Gasteiger partial charge in [-0.3, -0.25) is 4.79 Å². The van der Waals surface area contributed by atoms with E-state index in [-0.39, 0.29) is 23.3 Å². The monoisotopic (exact) mass is 329 g/mol. The molecule has 1 aromatic carbocycles. The van der Waals surface area contributed by atoms with Crippen molar-refractivity contribution in [1.29, 1.82) is 0 Å². The van der Waals surface area contributed by atoms with Crippen LogP contribution >= 0.6 is 0 Å². The van der Waals surface area contributed by atoms with E-state index < -0.39 is 0 Å². The second-order valence-electron chi connectivity index (χ2n) is 5.74. The number of likely N-dealkylation sites (N-methyl/N-ethyl adjacent to an activating group) is 1. The predicted molar refractivity (Wildman–Crippen MR) is 94.6 cm³/mol. The van der Waals surface area contributed by atoms with Crippen molar-refractivity contribution < 1.29 is 9.53 Å². The SMILES string of the molecule is COc1ccccc1C[C@@H](C)N(C)C(=O)Nc1cccn(C)c1=O. The lowest BCUT2D eigenvalue weighted by atomic mass is 10.1. The first-order chi connectivity index (χ1) is 11.4. The van der Waals surface area contributed by atoms with Gasteiger partial charge in [-0.2, -0.15) is 0 Å². The maximum Gasteiger partial charge on any atom is 0.321 e. The standard InChI is InChI=1S/C18H23N3O3/c1-13(12-14-8-5-6-10-16(14)24-4)21(3)18(23)19-15-9-7-11-20(2)17(15)22/h5-11,13H,12H2,1-4H3,(H,19,23)/t13-/m1/s1. The molecule has 6 nitrogen and oxygen atoms in total. The van der Waals surface area contributed by atoms with E-state index in [4.69, 9.17) is 4.74 Å².